The number of carbonyl (C=O) groups excluding carboxylic acids is 1. The third-order valence-electron chi connectivity index (χ3n) is 7.16. The zero-order valence-corrected chi connectivity index (χ0v) is 21.7. The lowest BCUT2D eigenvalue weighted by Crippen LogP contribution is -2.46. The summed E-state index contributed by atoms with van der Waals surface area (Å²) in [5.74, 6) is 0.112. The summed E-state index contributed by atoms with van der Waals surface area (Å²) in [5.41, 5.74) is 3.41. The molecule has 2 heterocycles. The maximum Gasteiger partial charge on any atom is 0.411 e. The van der Waals surface area contributed by atoms with Gasteiger partial charge < -0.3 is 24.1 Å². The number of benzene rings is 2. The number of nitrogens with zero attached hydrogens (tertiary/aromatic N) is 1. The summed E-state index contributed by atoms with van der Waals surface area (Å²) in [6.45, 7) is 8.43. The van der Waals surface area contributed by atoms with Crippen molar-refractivity contribution in [3.05, 3.63) is 77.9 Å². The van der Waals surface area contributed by atoms with Crippen molar-refractivity contribution in [1.82, 2.24) is 4.90 Å². The van der Waals surface area contributed by atoms with Gasteiger partial charge in [-0.2, -0.15) is 0 Å². The van der Waals surface area contributed by atoms with E-state index >= 15 is 0 Å². The fraction of sp³-hybridized carbons (Fsp3) is 0.483. The Morgan fingerprint density at radius 1 is 1.16 bits per heavy atom. The predicted octanol–water partition coefficient (Wildman–Crippen LogP) is 4.82. The minimum absolute atomic E-state index is 0.00703. The van der Waals surface area contributed by atoms with Crippen molar-refractivity contribution in [2.75, 3.05) is 38.7 Å². The Kier molecular flexibility index (Phi) is 9.71. The van der Waals surface area contributed by atoms with Crippen molar-refractivity contribution in [3.63, 3.8) is 0 Å². The topological polar surface area (TPSA) is 89.5 Å². The fourth-order valence-corrected chi connectivity index (χ4v) is 5.09. The predicted molar refractivity (Wildman–Crippen MR) is 141 cm³/mol. The Balaban J connectivity index is 1.53. The number of hydrogen-bond donors (Lipinski definition) is 2. The van der Waals surface area contributed by atoms with Gasteiger partial charge in [0.05, 0.1) is 25.4 Å². The zero-order valence-electron chi connectivity index (χ0n) is 21.7. The van der Waals surface area contributed by atoms with E-state index in [0.29, 0.717) is 11.7 Å². The largest absolute Gasteiger partial charge is 0.445 e. The minimum atomic E-state index is -0.561. The van der Waals surface area contributed by atoms with E-state index in [2.05, 4.69) is 23.7 Å². The molecule has 0 spiro atoms. The van der Waals surface area contributed by atoms with Crippen LogP contribution in [0.15, 0.2) is 61.2 Å². The Morgan fingerprint density at radius 3 is 2.57 bits per heavy atom. The lowest BCUT2D eigenvalue weighted by molar-refractivity contribution is -0.276. The number of likely N-dealkylation sites (tertiary alicyclic amines) is 1. The number of aliphatic hydroxyl groups excluding tert-OH is 1. The summed E-state index contributed by atoms with van der Waals surface area (Å²) in [6, 6.07) is 15.7. The normalized spacial score (nSPS) is 26.1. The summed E-state index contributed by atoms with van der Waals surface area (Å²) in [4.78, 5) is 14.3. The summed E-state index contributed by atoms with van der Waals surface area (Å²) in [6.07, 6.45) is 2.49. The molecule has 5 unspecified atom stereocenters. The van der Waals surface area contributed by atoms with Crippen LogP contribution in [0, 0.1) is 5.92 Å². The van der Waals surface area contributed by atoms with Gasteiger partial charge in [-0.3, -0.25) is 10.2 Å². The number of ether oxygens (including phenoxy) is 4. The van der Waals surface area contributed by atoms with E-state index in [1.807, 2.05) is 48.5 Å². The van der Waals surface area contributed by atoms with Gasteiger partial charge in [0.1, 0.15) is 6.61 Å². The van der Waals surface area contributed by atoms with Crippen molar-refractivity contribution in [3.8, 4) is 0 Å². The van der Waals surface area contributed by atoms with Crippen LogP contribution in [0.3, 0.4) is 0 Å². The average Bonchev–Trinajstić information content (AvgIpc) is 3.36. The van der Waals surface area contributed by atoms with Crippen LogP contribution in [0.2, 0.25) is 0 Å². The van der Waals surface area contributed by atoms with Gasteiger partial charge in [0.25, 0.3) is 0 Å². The highest BCUT2D eigenvalue weighted by atomic mass is 16.7. The molecule has 200 valence electrons. The molecule has 5 atom stereocenters. The van der Waals surface area contributed by atoms with Crippen LogP contribution in [0.1, 0.15) is 48.8 Å². The highest BCUT2D eigenvalue weighted by Gasteiger charge is 2.40. The first kappa shape index (κ1) is 27.3. The van der Waals surface area contributed by atoms with Crippen LogP contribution in [-0.2, 0) is 25.6 Å². The molecule has 2 aromatic rings. The number of hydrogen-bond acceptors (Lipinski definition) is 7. The van der Waals surface area contributed by atoms with Gasteiger partial charge in [0, 0.05) is 36.9 Å². The van der Waals surface area contributed by atoms with Crippen LogP contribution >= 0.6 is 0 Å². The summed E-state index contributed by atoms with van der Waals surface area (Å²) in [5, 5.41) is 12.2. The lowest BCUT2D eigenvalue weighted by atomic mass is 9.90. The molecule has 8 heteroatoms. The molecule has 37 heavy (non-hydrogen) atoms. The summed E-state index contributed by atoms with van der Waals surface area (Å²) >= 11 is 0. The van der Waals surface area contributed by atoms with Crippen molar-refractivity contribution in [2.45, 2.75) is 50.9 Å². The molecule has 1 amide bonds. The highest BCUT2D eigenvalue weighted by Crippen LogP contribution is 2.42. The second-order valence-electron chi connectivity index (χ2n) is 9.70. The number of nitrogens with one attached hydrogen (secondary N) is 1. The minimum Gasteiger partial charge on any atom is -0.445 e. The van der Waals surface area contributed by atoms with Crippen LogP contribution in [0.4, 0.5) is 10.5 Å². The molecular formula is C29H38N2O6. The van der Waals surface area contributed by atoms with Crippen molar-refractivity contribution < 1.29 is 28.8 Å². The first-order valence-corrected chi connectivity index (χ1v) is 12.9. The highest BCUT2D eigenvalue weighted by molar-refractivity contribution is 5.84. The van der Waals surface area contributed by atoms with Crippen molar-refractivity contribution >= 4 is 11.8 Å². The van der Waals surface area contributed by atoms with E-state index in [0.717, 1.165) is 49.2 Å². The zero-order chi connectivity index (χ0) is 26.2. The first-order chi connectivity index (χ1) is 18.0. The smallest absolute Gasteiger partial charge is 0.411 e. The number of amides is 1. The Hall–Kier alpha value is -2.75. The molecular weight excluding hydrogens is 472 g/mol. The second kappa shape index (κ2) is 13.2. The van der Waals surface area contributed by atoms with Crippen LogP contribution in [-0.4, -0.2) is 61.7 Å². The molecule has 0 bridgehead atoms. The van der Waals surface area contributed by atoms with E-state index in [1.165, 1.54) is 6.08 Å². The average molecular weight is 511 g/mol. The van der Waals surface area contributed by atoms with Gasteiger partial charge in [0.15, 0.2) is 6.29 Å². The van der Waals surface area contributed by atoms with Crippen molar-refractivity contribution in [1.29, 1.82) is 0 Å². The van der Waals surface area contributed by atoms with Gasteiger partial charge in [-0.25, -0.2) is 4.79 Å². The molecule has 4 rings (SSSR count). The molecule has 2 aliphatic heterocycles. The van der Waals surface area contributed by atoms with E-state index < -0.39 is 12.4 Å². The SMILES string of the molecule is C=CCOC(=O)Nc1ccc(C2OC(CN3CCCC3COC)C(C)C(c3ccc(CO)cc3)O2)cc1. The van der Waals surface area contributed by atoms with Gasteiger partial charge in [-0.15, -0.1) is 0 Å². The molecule has 0 radical (unpaired) electrons. The van der Waals surface area contributed by atoms with Crippen molar-refractivity contribution in [2.24, 2.45) is 5.92 Å². The Labute approximate surface area is 219 Å². The first-order valence-electron chi connectivity index (χ1n) is 12.9. The standard InChI is InChI=1S/C29H38N2O6/c1-4-16-35-29(33)30-24-13-11-23(12-14-24)28-36-26(17-31-15-5-6-25(31)19-34-3)20(2)27(37-28)22-9-7-21(18-32)8-10-22/h4,7-14,20,25-28,32H,1,5-6,15-19H2,2-3H3,(H,30,33). The van der Waals surface area contributed by atoms with Crippen LogP contribution in [0.25, 0.3) is 0 Å². The fourth-order valence-electron chi connectivity index (χ4n) is 5.09. The molecule has 0 aromatic heterocycles. The summed E-state index contributed by atoms with van der Waals surface area (Å²) in [7, 11) is 1.75. The quantitative estimate of drug-likeness (QED) is 0.443. The third-order valence-corrected chi connectivity index (χ3v) is 7.16. The molecule has 2 saturated heterocycles. The molecule has 2 aromatic carbocycles. The third kappa shape index (κ3) is 6.97. The maximum atomic E-state index is 11.9. The van der Waals surface area contributed by atoms with E-state index in [4.69, 9.17) is 18.9 Å². The van der Waals surface area contributed by atoms with E-state index in [-0.39, 0.29) is 31.3 Å². The molecule has 8 nitrogen and oxygen atoms in total. The molecule has 2 N–H and O–H groups in total. The molecule has 0 saturated carbocycles. The van der Waals surface area contributed by atoms with Gasteiger partial charge in [-0.05, 0) is 42.6 Å². The van der Waals surface area contributed by atoms with Gasteiger partial charge in [0.2, 0.25) is 0 Å². The number of aliphatic hydroxyl groups is 1. The number of methoxy groups -OCH3 is 1. The van der Waals surface area contributed by atoms with Crippen LogP contribution in [0.5, 0.6) is 0 Å². The van der Waals surface area contributed by atoms with E-state index in [1.54, 1.807) is 7.11 Å². The Morgan fingerprint density at radius 2 is 1.89 bits per heavy atom. The van der Waals surface area contributed by atoms with Gasteiger partial charge in [-0.1, -0.05) is 56.0 Å². The molecule has 2 fully saturated rings. The second-order valence-corrected chi connectivity index (χ2v) is 9.70. The van der Waals surface area contributed by atoms with E-state index in [9.17, 15) is 9.90 Å². The summed E-state index contributed by atoms with van der Waals surface area (Å²) < 4.78 is 23.6. The number of rotatable bonds is 10. The number of carbonyl (C=O) groups is 1. The Bertz CT molecular complexity index is 1010. The van der Waals surface area contributed by atoms with Crippen LogP contribution < -0.4 is 5.32 Å². The molecule has 0 aliphatic carbocycles. The molecule has 2 aliphatic rings. The monoisotopic (exact) mass is 510 g/mol. The lowest BCUT2D eigenvalue weighted by Gasteiger charge is -2.43. The maximum absolute atomic E-state index is 11.9. The number of anilines is 1. The van der Waals surface area contributed by atoms with Gasteiger partial charge >= 0.3 is 6.09 Å².